The summed E-state index contributed by atoms with van der Waals surface area (Å²) in [6.07, 6.45) is 6.55. The third-order valence-corrected chi connectivity index (χ3v) is 10.7. The average Bonchev–Trinajstić information content (AvgIpc) is 3.75. The number of benzene rings is 6. The molecule has 3 aromatic heterocycles. The molecule has 0 atom stereocenters. The third-order valence-electron chi connectivity index (χ3n) is 10.7. The highest BCUT2D eigenvalue weighted by Crippen LogP contribution is 2.43. The third kappa shape index (κ3) is 5.52. The summed E-state index contributed by atoms with van der Waals surface area (Å²) in [5.41, 5.74) is 11.2. The first-order valence-corrected chi connectivity index (χ1v) is 18.5. The summed E-state index contributed by atoms with van der Waals surface area (Å²) < 4.78 is 2.05. The molecule has 270 valence electrons. The maximum atomic E-state index is 15.0. The lowest BCUT2D eigenvalue weighted by molar-refractivity contribution is 0.0926. The summed E-state index contributed by atoms with van der Waals surface area (Å²) in [5.74, 6) is -0.802. The van der Waals surface area contributed by atoms with Gasteiger partial charge in [0.15, 0.2) is 0 Å². The Kier molecular flexibility index (Phi) is 8.04. The second kappa shape index (κ2) is 13.7. The molecule has 58 heavy (non-hydrogen) atoms. The molecule has 0 unspecified atom stereocenters. The normalized spacial score (nSPS) is 12.1. The van der Waals surface area contributed by atoms with E-state index in [1.54, 1.807) is 18.5 Å². The van der Waals surface area contributed by atoms with Gasteiger partial charge >= 0.3 is 0 Å². The molecule has 4 heterocycles. The van der Waals surface area contributed by atoms with Crippen LogP contribution < -0.4 is 4.90 Å². The molecule has 0 fully saturated rings. The Hall–Kier alpha value is -8.46. The van der Waals surface area contributed by atoms with E-state index in [1.807, 2.05) is 132 Å². The zero-order valence-electron chi connectivity index (χ0n) is 30.7. The van der Waals surface area contributed by atoms with Crippen molar-refractivity contribution in [2.75, 3.05) is 4.90 Å². The molecule has 10 rings (SSSR count). The zero-order chi connectivity index (χ0) is 39.3. The number of nitrogens with zero attached hydrogens (tertiary/aromatic N) is 6. The second-order valence-corrected chi connectivity index (χ2v) is 14.0. The molecule has 8 nitrogen and oxygen atoms in total. The smallest absolute Gasteiger partial charge is 0.268 e. The number of carbonyl (C=O) groups excluding carboxylic acids is 2. The molecule has 8 heteroatoms. The largest absolute Gasteiger partial charge is 0.308 e. The first-order valence-electron chi connectivity index (χ1n) is 18.5. The molecule has 6 aromatic carbocycles. The quantitative estimate of drug-likeness (QED) is 0.125. The van der Waals surface area contributed by atoms with Crippen LogP contribution >= 0.6 is 0 Å². The van der Waals surface area contributed by atoms with Gasteiger partial charge in [0.05, 0.1) is 46.7 Å². The van der Waals surface area contributed by atoms with Gasteiger partial charge in [0.1, 0.15) is 0 Å². The number of amides is 2. The van der Waals surface area contributed by atoms with Gasteiger partial charge in [0.25, 0.3) is 11.8 Å². The minimum Gasteiger partial charge on any atom is -0.308 e. The van der Waals surface area contributed by atoms with Gasteiger partial charge in [0.2, 0.25) is 11.4 Å². The van der Waals surface area contributed by atoms with Crippen LogP contribution in [0.3, 0.4) is 0 Å². The minimum absolute atomic E-state index is 0.313. The topological polar surface area (TPSA) is 76.8 Å². The summed E-state index contributed by atoms with van der Waals surface area (Å²) in [7, 11) is 0. The van der Waals surface area contributed by atoms with Crippen molar-refractivity contribution in [3.8, 4) is 50.2 Å². The van der Waals surface area contributed by atoms with Crippen molar-refractivity contribution in [2.45, 2.75) is 0 Å². The van der Waals surface area contributed by atoms with Crippen molar-refractivity contribution in [2.24, 2.45) is 0 Å². The number of rotatable bonds is 6. The molecule has 0 aliphatic carbocycles. The highest BCUT2D eigenvalue weighted by atomic mass is 16.2. The van der Waals surface area contributed by atoms with E-state index in [9.17, 15) is 9.59 Å². The first-order chi connectivity index (χ1) is 28.5. The molecular formula is C50H28N6O2. The van der Waals surface area contributed by atoms with E-state index < -0.39 is 11.8 Å². The summed E-state index contributed by atoms with van der Waals surface area (Å²) in [6.45, 7) is 15.1. The lowest BCUT2D eigenvalue weighted by atomic mass is 9.97. The fraction of sp³-hybridized carbons (Fsp3) is 0. The van der Waals surface area contributed by atoms with E-state index in [0.717, 1.165) is 66.3 Å². The van der Waals surface area contributed by atoms with Crippen LogP contribution in [0.15, 0.2) is 170 Å². The van der Waals surface area contributed by atoms with Gasteiger partial charge in [-0.25, -0.2) is 14.6 Å². The number of fused-ring (bicyclic) bond motifs is 4. The van der Waals surface area contributed by atoms with Crippen molar-refractivity contribution >= 4 is 50.7 Å². The van der Waals surface area contributed by atoms with Crippen LogP contribution in [-0.2, 0) is 0 Å². The van der Waals surface area contributed by atoms with Crippen LogP contribution in [0, 0.1) is 13.1 Å². The van der Waals surface area contributed by atoms with E-state index in [2.05, 4.69) is 31.8 Å². The maximum absolute atomic E-state index is 15.0. The van der Waals surface area contributed by atoms with E-state index in [-0.39, 0.29) is 0 Å². The number of pyridine rings is 2. The standard InChI is InChI=1S/C50H28N6O2/c1-51-38-22-36(27-53-29-38)34-17-20-45-42(25-34)43-26-35(37-23-39(52-2)30-54-28-37)18-21-46(43)55(45)47-15-9-14-40-48(47)50(58)56(49(40)57)44-19-16-33(31-10-5-3-6-11-31)24-41(44)32-12-7-4-8-13-32/h3-30H. The van der Waals surface area contributed by atoms with Gasteiger partial charge < -0.3 is 4.57 Å². The number of hydrogen-bond donors (Lipinski definition) is 0. The van der Waals surface area contributed by atoms with Crippen LogP contribution in [0.1, 0.15) is 20.7 Å². The fourth-order valence-electron chi connectivity index (χ4n) is 8.00. The van der Waals surface area contributed by atoms with Crippen LogP contribution in [0.2, 0.25) is 0 Å². The summed E-state index contributed by atoms with van der Waals surface area (Å²) in [6, 6.07) is 46.9. The van der Waals surface area contributed by atoms with Gasteiger partial charge in [-0.3, -0.25) is 19.6 Å². The number of imide groups is 1. The molecule has 0 saturated heterocycles. The zero-order valence-corrected chi connectivity index (χ0v) is 30.7. The first kappa shape index (κ1) is 34.1. The van der Waals surface area contributed by atoms with Crippen molar-refractivity contribution in [3.63, 3.8) is 0 Å². The van der Waals surface area contributed by atoms with Crippen molar-refractivity contribution in [3.05, 3.63) is 204 Å². The predicted octanol–water partition coefficient (Wildman–Crippen LogP) is 12.1. The number of hydrogen-bond acceptors (Lipinski definition) is 4. The number of anilines is 1. The molecule has 9 aromatic rings. The molecule has 1 aliphatic heterocycles. The van der Waals surface area contributed by atoms with Gasteiger partial charge in [-0.1, -0.05) is 84.9 Å². The molecular weight excluding hydrogens is 717 g/mol. The van der Waals surface area contributed by atoms with E-state index >= 15 is 0 Å². The SMILES string of the molecule is [C-]#[N+]c1cncc(-c2ccc3c(c2)c2cc(-c4cncc([N+]#[C-])c4)ccc2n3-c2cccc3c2C(=O)N(c2ccc(-c4ccccc4)cc2-c2ccccc2)C3=O)c1. The summed E-state index contributed by atoms with van der Waals surface area (Å²) in [4.78, 5) is 46.6. The van der Waals surface area contributed by atoms with Crippen LogP contribution in [-0.4, -0.2) is 26.3 Å². The van der Waals surface area contributed by atoms with Crippen molar-refractivity contribution < 1.29 is 9.59 Å². The molecule has 0 bridgehead atoms. The van der Waals surface area contributed by atoms with Gasteiger partial charge in [-0.15, -0.1) is 0 Å². The molecule has 0 N–H and O–H groups in total. The Labute approximate surface area is 333 Å². The molecule has 0 radical (unpaired) electrons. The fourth-order valence-corrected chi connectivity index (χ4v) is 8.00. The molecule has 1 aliphatic rings. The summed E-state index contributed by atoms with van der Waals surface area (Å²) in [5, 5.41) is 1.79. The van der Waals surface area contributed by atoms with E-state index in [0.29, 0.717) is 33.9 Å². The molecule has 2 amide bonds. The minimum atomic E-state index is -0.410. The Morgan fingerprint density at radius 2 is 0.983 bits per heavy atom. The van der Waals surface area contributed by atoms with Gasteiger partial charge in [0, 0.05) is 41.1 Å². The lowest BCUT2D eigenvalue weighted by Crippen LogP contribution is -2.30. The maximum Gasteiger partial charge on any atom is 0.268 e. The van der Waals surface area contributed by atoms with Gasteiger partial charge in [-0.2, -0.15) is 0 Å². The Balaban J connectivity index is 1.17. The summed E-state index contributed by atoms with van der Waals surface area (Å²) >= 11 is 0. The Bertz CT molecular complexity index is 3130. The lowest BCUT2D eigenvalue weighted by Gasteiger charge is -2.20. The average molecular weight is 745 g/mol. The van der Waals surface area contributed by atoms with Crippen LogP contribution in [0.4, 0.5) is 17.1 Å². The Morgan fingerprint density at radius 3 is 1.57 bits per heavy atom. The van der Waals surface area contributed by atoms with E-state index in [4.69, 9.17) is 13.1 Å². The van der Waals surface area contributed by atoms with Crippen LogP contribution in [0.25, 0.3) is 81.7 Å². The molecule has 0 saturated carbocycles. The Morgan fingerprint density at radius 1 is 0.431 bits per heavy atom. The number of aromatic nitrogens is 3. The monoisotopic (exact) mass is 744 g/mol. The second-order valence-electron chi connectivity index (χ2n) is 14.0. The van der Waals surface area contributed by atoms with Gasteiger partial charge in [-0.05, 0) is 99.6 Å². The highest BCUT2D eigenvalue weighted by molar-refractivity contribution is 6.36. The highest BCUT2D eigenvalue weighted by Gasteiger charge is 2.40. The van der Waals surface area contributed by atoms with Crippen molar-refractivity contribution in [1.29, 1.82) is 0 Å². The number of carbonyl (C=O) groups is 2. The van der Waals surface area contributed by atoms with Crippen LogP contribution in [0.5, 0.6) is 0 Å². The predicted molar refractivity (Wildman–Crippen MR) is 228 cm³/mol. The van der Waals surface area contributed by atoms with Crippen molar-refractivity contribution in [1.82, 2.24) is 14.5 Å². The van der Waals surface area contributed by atoms with E-state index in [1.165, 1.54) is 17.3 Å². The molecule has 0 spiro atoms.